The van der Waals surface area contributed by atoms with Gasteiger partial charge in [-0.15, -0.1) is 21.0 Å². The smallest absolute Gasteiger partial charge is 0.268 e. The molecule has 10 heteroatoms. The molecular weight excluding hydrogens is 416 g/mol. The quantitative estimate of drug-likeness (QED) is 0.503. The van der Waals surface area contributed by atoms with Crippen LogP contribution in [0.25, 0.3) is 28.6 Å². The zero-order valence-corrected chi connectivity index (χ0v) is 18.3. The zero-order valence-electron chi connectivity index (χ0n) is 17.5. The lowest BCUT2D eigenvalue weighted by Crippen LogP contribution is -2.32. The van der Waals surface area contributed by atoms with Crippen molar-refractivity contribution in [2.45, 2.75) is 19.9 Å². The lowest BCUT2D eigenvalue weighted by molar-refractivity contribution is 0.366. The van der Waals surface area contributed by atoms with E-state index in [1.54, 1.807) is 23.6 Å². The third kappa shape index (κ3) is 4.83. The minimum atomic E-state index is -2.69. The lowest BCUT2D eigenvalue weighted by Gasteiger charge is -2.43. The Morgan fingerprint density at radius 2 is 1.84 bits per heavy atom. The Morgan fingerprint density at radius 3 is 2.52 bits per heavy atom. The monoisotopic (exact) mass is 442 g/mol. The Balaban J connectivity index is 1.52. The predicted octanol–water partition coefficient (Wildman–Crippen LogP) is 3.69. The first-order valence-corrected chi connectivity index (χ1v) is 11.8. The second-order valence-electron chi connectivity index (χ2n) is 7.22. The first kappa shape index (κ1) is 21.6. The summed E-state index contributed by atoms with van der Waals surface area (Å²) in [6.07, 6.45) is 5.91. The molecule has 0 saturated heterocycles. The zero-order chi connectivity index (χ0) is 21.8. The van der Waals surface area contributed by atoms with Gasteiger partial charge >= 0.3 is 0 Å². The molecule has 2 aromatic heterocycles. The molecule has 0 atom stereocenters. The molecule has 0 unspecified atom stereocenters. The van der Waals surface area contributed by atoms with Crippen molar-refractivity contribution >= 4 is 16.3 Å². The van der Waals surface area contributed by atoms with Gasteiger partial charge in [0.05, 0.1) is 23.8 Å². The summed E-state index contributed by atoms with van der Waals surface area (Å²) in [7, 11) is -0.784. The maximum atomic E-state index is 10.1. The standard InChI is InChI=1S/C21H26N6O3S/c1-3-31(28,29)27-10-8-16(9-11-27)18-13-23-14-19(24-18)21-26-25-20(30-21)17-6-4-15(5-7-17)12-22-2/h4-8,13-14,22,28-29H,3,9-12H2,1-2H3. The summed E-state index contributed by atoms with van der Waals surface area (Å²) < 4.78 is 27.8. The number of benzene rings is 1. The van der Waals surface area contributed by atoms with Crippen molar-refractivity contribution in [2.24, 2.45) is 0 Å². The number of aromatic nitrogens is 4. The fourth-order valence-corrected chi connectivity index (χ4v) is 4.43. The van der Waals surface area contributed by atoms with Crippen LogP contribution < -0.4 is 5.32 Å². The van der Waals surface area contributed by atoms with Crippen LogP contribution in [-0.2, 0) is 6.54 Å². The fourth-order valence-electron chi connectivity index (χ4n) is 3.37. The van der Waals surface area contributed by atoms with Crippen molar-refractivity contribution in [3.63, 3.8) is 0 Å². The summed E-state index contributed by atoms with van der Waals surface area (Å²) in [5.74, 6) is 1.06. The van der Waals surface area contributed by atoms with Gasteiger partial charge in [0, 0.05) is 25.2 Å². The average molecular weight is 443 g/mol. The molecule has 0 saturated carbocycles. The van der Waals surface area contributed by atoms with E-state index in [0.717, 1.165) is 23.4 Å². The number of hydrogen-bond acceptors (Lipinski definition) is 9. The second kappa shape index (κ2) is 9.25. The van der Waals surface area contributed by atoms with Crippen molar-refractivity contribution in [2.75, 3.05) is 25.9 Å². The number of rotatable bonds is 7. The molecule has 1 aliphatic rings. The van der Waals surface area contributed by atoms with E-state index in [0.29, 0.717) is 42.7 Å². The van der Waals surface area contributed by atoms with Crippen molar-refractivity contribution in [1.29, 1.82) is 0 Å². The van der Waals surface area contributed by atoms with Crippen molar-refractivity contribution in [3.05, 3.63) is 54.0 Å². The molecule has 0 fully saturated rings. The van der Waals surface area contributed by atoms with Gasteiger partial charge in [-0.25, -0.2) is 9.29 Å². The van der Waals surface area contributed by atoms with E-state index in [2.05, 4.69) is 25.5 Å². The Morgan fingerprint density at radius 1 is 1.10 bits per heavy atom. The van der Waals surface area contributed by atoms with E-state index in [4.69, 9.17) is 4.42 Å². The van der Waals surface area contributed by atoms with E-state index in [1.807, 2.05) is 37.4 Å². The molecule has 4 rings (SSSR count). The van der Waals surface area contributed by atoms with Gasteiger partial charge in [-0.2, -0.15) is 0 Å². The van der Waals surface area contributed by atoms with Gasteiger partial charge in [0.25, 0.3) is 5.89 Å². The van der Waals surface area contributed by atoms with Crippen LogP contribution in [0.3, 0.4) is 0 Å². The van der Waals surface area contributed by atoms with Gasteiger partial charge in [0.15, 0.2) is 0 Å². The van der Waals surface area contributed by atoms with Crippen LogP contribution in [0.2, 0.25) is 0 Å². The highest BCUT2D eigenvalue weighted by molar-refractivity contribution is 8.22. The van der Waals surface area contributed by atoms with Crippen LogP contribution in [0.15, 0.2) is 47.2 Å². The van der Waals surface area contributed by atoms with E-state index in [-0.39, 0.29) is 0 Å². The second-order valence-corrected chi connectivity index (χ2v) is 9.58. The van der Waals surface area contributed by atoms with E-state index in [1.165, 1.54) is 5.56 Å². The molecule has 9 nitrogen and oxygen atoms in total. The molecule has 0 aliphatic carbocycles. The molecule has 1 aromatic carbocycles. The molecule has 0 spiro atoms. The summed E-state index contributed by atoms with van der Waals surface area (Å²) in [6.45, 7) is 3.59. The maximum absolute atomic E-state index is 10.1. The first-order chi connectivity index (χ1) is 15.0. The molecule has 3 heterocycles. The summed E-state index contributed by atoms with van der Waals surface area (Å²) in [5, 5.41) is 11.4. The highest BCUT2D eigenvalue weighted by atomic mass is 32.3. The van der Waals surface area contributed by atoms with Crippen LogP contribution in [0.1, 0.15) is 24.6 Å². The van der Waals surface area contributed by atoms with Crippen molar-refractivity contribution in [1.82, 2.24) is 29.8 Å². The van der Waals surface area contributed by atoms with Crippen LogP contribution in [0.4, 0.5) is 0 Å². The van der Waals surface area contributed by atoms with Gasteiger partial charge in [-0.3, -0.25) is 14.1 Å². The molecule has 31 heavy (non-hydrogen) atoms. The van der Waals surface area contributed by atoms with Gasteiger partial charge in [0.2, 0.25) is 5.89 Å². The number of hydrogen-bond donors (Lipinski definition) is 3. The summed E-state index contributed by atoms with van der Waals surface area (Å²) in [4.78, 5) is 8.94. The Bertz CT molecular complexity index is 1070. The highest BCUT2D eigenvalue weighted by Crippen LogP contribution is 2.44. The first-order valence-electron chi connectivity index (χ1n) is 10.1. The van der Waals surface area contributed by atoms with Crippen molar-refractivity contribution < 1.29 is 13.5 Å². The van der Waals surface area contributed by atoms with Gasteiger partial charge in [0.1, 0.15) is 5.69 Å². The normalized spacial score (nSPS) is 15.7. The molecule has 0 bridgehead atoms. The average Bonchev–Trinajstić information content (AvgIpc) is 3.30. The Hall–Kier alpha value is -2.63. The molecule has 164 valence electrons. The summed E-state index contributed by atoms with van der Waals surface area (Å²) in [5.41, 5.74) is 4.25. The summed E-state index contributed by atoms with van der Waals surface area (Å²) in [6, 6.07) is 7.93. The van der Waals surface area contributed by atoms with Gasteiger partial charge in [-0.1, -0.05) is 18.2 Å². The van der Waals surface area contributed by atoms with Crippen LogP contribution in [-0.4, -0.2) is 59.5 Å². The number of nitrogens with zero attached hydrogens (tertiary/aromatic N) is 5. The van der Waals surface area contributed by atoms with E-state index < -0.39 is 10.8 Å². The Kier molecular flexibility index (Phi) is 6.44. The topological polar surface area (TPSA) is 120 Å². The largest absolute Gasteiger partial charge is 0.415 e. The SMILES string of the molecule is CCS(O)(O)N1CC=C(c2cncc(-c3nnc(-c4ccc(CNC)cc4)o3)n2)CC1. The highest BCUT2D eigenvalue weighted by Gasteiger charge is 2.24. The molecule has 0 amide bonds. The molecule has 3 aromatic rings. The fraction of sp³-hybridized carbons (Fsp3) is 0.333. The predicted molar refractivity (Wildman–Crippen MR) is 121 cm³/mol. The Labute approximate surface area is 182 Å². The van der Waals surface area contributed by atoms with Crippen LogP contribution >= 0.6 is 10.8 Å². The van der Waals surface area contributed by atoms with Gasteiger partial charge in [-0.05, 0) is 43.7 Å². The minimum Gasteiger partial charge on any atom is -0.415 e. The third-order valence-corrected chi connectivity index (χ3v) is 7.10. The van der Waals surface area contributed by atoms with Gasteiger partial charge < -0.3 is 9.73 Å². The molecule has 1 aliphatic heterocycles. The molecule has 0 radical (unpaired) electrons. The van der Waals surface area contributed by atoms with Crippen LogP contribution in [0, 0.1) is 0 Å². The molecule has 3 N–H and O–H groups in total. The maximum Gasteiger partial charge on any atom is 0.268 e. The lowest BCUT2D eigenvalue weighted by atomic mass is 10.1. The van der Waals surface area contributed by atoms with Crippen molar-refractivity contribution in [3.8, 4) is 23.0 Å². The number of nitrogens with one attached hydrogen (secondary N) is 1. The summed E-state index contributed by atoms with van der Waals surface area (Å²) >= 11 is 0. The third-order valence-electron chi connectivity index (χ3n) is 5.16. The minimum absolute atomic E-state index is 0.307. The van der Waals surface area contributed by atoms with E-state index >= 15 is 0 Å². The van der Waals surface area contributed by atoms with Crippen LogP contribution in [0.5, 0.6) is 0 Å². The molecular formula is C21H26N6O3S. The van der Waals surface area contributed by atoms with E-state index in [9.17, 15) is 9.11 Å².